The van der Waals surface area contributed by atoms with Crippen molar-refractivity contribution in [2.75, 3.05) is 31.1 Å². The van der Waals surface area contributed by atoms with E-state index < -0.39 is 6.09 Å². The van der Waals surface area contributed by atoms with Gasteiger partial charge in [-0.2, -0.15) is 0 Å². The van der Waals surface area contributed by atoms with Gasteiger partial charge in [0.05, 0.1) is 17.8 Å². The Kier molecular flexibility index (Phi) is 2.56. The summed E-state index contributed by atoms with van der Waals surface area (Å²) in [6.07, 6.45) is 2.23. The van der Waals surface area contributed by atoms with Crippen LogP contribution in [0.1, 0.15) is 0 Å². The first-order chi connectivity index (χ1) is 10.2. The molecule has 4 rings (SSSR count). The van der Waals surface area contributed by atoms with Crippen LogP contribution >= 0.6 is 0 Å². The molecule has 1 amide bonds. The maximum atomic E-state index is 11.2. The predicted octanol–water partition coefficient (Wildman–Crippen LogP) is 0.586. The van der Waals surface area contributed by atoms with Crippen LogP contribution in [0.5, 0.6) is 5.75 Å². The Labute approximate surface area is 120 Å². The molecule has 4 heterocycles. The summed E-state index contributed by atoms with van der Waals surface area (Å²) in [4.78, 5) is 27.5. The lowest BCUT2D eigenvalue weighted by Crippen LogP contribution is -2.56. The van der Waals surface area contributed by atoms with E-state index in [4.69, 9.17) is 4.74 Å². The molecule has 21 heavy (non-hydrogen) atoms. The normalized spacial score (nSPS) is 20.7. The summed E-state index contributed by atoms with van der Waals surface area (Å²) in [5, 5.41) is 9.23. The van der Waals surface area contributed by atoms with E-state index in [2.05, 4.69) is 19.9 Å². The molecule has 108 valence electrons. The van der Waals surface area contributed by atoms with Crippen molar-refractivity contribution in [3.8, 4) is 5.75 Å². The van der Waals surface area contributed by atoms with Gasteiger partial charge in [-0.3, -0.25) is 4.90 Å². The van der Waals surface area contributed by atoms with Crippen molar-refractivity contribution in [3.05, 3.63) is 18.6 Å². The molecule has 0 spiro atoms. The molecule has 2 aromatic heterocycles. The summed E-state index contributed by atoms with van der Waals surface area (Å²) in [5.74, 6) is 1.39. The smallest absolute Gasteiger partial charge is 0.407 e. The molecule has 0 saturated carbocycles. The first-order valence-corrected chi connectivity index (χ1v) is 6.70. The summed E-state index contributed by atoms with van der Waals surface area (Å²) in [7, 11) is 0. The molecule has 2 aliphatic rings. The molecule has 8 heteroatoms. The molecule has 2 bridgehead atoms. The molecule has 1 fully saturated rings. The van der Waals surface area contributed by atoms with Gasteiger partial charge in [-0.15, -0.1) is 0 Å². The van der Waals surface area contributed by atoms with Crippen molar-refractivity contribution in [1.29, 1.82) is 0 Å². The van der Waals surface area contributed by atoms with Crippen molar-refractivity contribution in [1.82, 2.24) is 19.9 Å². The fourth-order valence-electron chi connectivity index (χ4n) is 2.85. The number of piperazine rings is 1. The van der Waals surface area contributed by atoms with E-state index in [-0.39, 0.29) is 6.04 Å². The third-order valence-corrected chi connectivity index (χ3v) is 3.90. The number of anilines is 1. The minimum absolute atomic E-state index is 0.181. The predicted molar refractivity (Wildman–Crippen MR) is 73.6 cm³/mol. The van der Waals surface area contributed by atoms with Gasteiger partial charge in [0.15, 0.2) is 11.6 Å². The standard InChI is InChI=1S/C13H13N5O3/c19-13(20)18-2-1-17-5-8(18)6-21-11-3-9-10(16-12(11)17)4-14-7-15-9/h3-4,7-8H,1-2,5-6H2,(H,19,20). The van der Waals surface area contributed by atoms with Crippen LogP contribution in [-0.4, -0.2) is 63.3 Å². The fraction of sp³-hybridized carbons (Fsp3) is 0.385. The van der Waals surface area contributed by atoms with Crippen LogP contribution < -0.4 is 9.64 Å². The number of nitrogens with zero attached hydrogens (tertiary/aromatic N) is 5. The summed E-state index contributed by atoms with van der Waals surface area (Å²) in [6, 6.07) is 1.66. The summed E-state index contributed by atoms with van der Waals surface area (Å²) >= 11 is 0. The van der Waals surface area contributed by atoms with Gasteiger partial charge < -0.3 is 14.7 Å². The summed E-state index contributed by atoms with van der Waals surface area (Å²) in [6.45, 7) is 1.97. The van der Waals surface area contributed by atoms with Gasteiger partial charge in [0.1, 0.15) is 18.5 Å². The second-order valence-electron chi connectivity index (χ2n) is 5.12. The molecule has 0 aliphatic carbocycles. The Morgan fingerprint density at radius 2 is 2.29 bits per heavy atom. The number of hydrogen-bond acceptors (Lipinski definition) is 6. The number of aromatic nitrogens is 3. The van der Waals surface area contributed by atoms with Crippen LogP contribution in [0.2, 0.25) is 0 Å². The van der Waals surface area contributed by atoms with Gasteiger partial charge in [-0.1, -0.05) is 0 Å². The number of carbonyl (C=O) groups is 1. The zero-order valence-electron chi connectivity index (χ0n) is 11.1. The van der Waals surface area contributed by atoms with Crippen molar-refractivity contribution < 1.29 is 14.6 Å². The molecular formula is C13H13N5O3. The van der Waals surface area contributed by atoms with Crippen molar-refractivity contribution in [2.24, 2.45) is 0 Å². The molecule has 1 atom stereocenters. The Morgan fingerprint density at radius 3 is 3.14 bits per heavy atom. The Bertz CT molecular complexity index is 722. The largest absolute Gasteiger partial charge is 0.487 e. The van der Waals surface area contributed by atoms with E-state index in [1.165, 1.54) is 11.2 Å². The average Bonchev–Trinajstić information content (AvgIpc) is 2.63. The number of amides is 1. The Balaban J connectivity index is 1.77. The maximum absolute atomic E-state index is 11.2. The highest BCUT2D eigenvalue weighted by Gasteiger charge is 2.35. The van der Waals surface area contributed by atoms with Crippen LogP contribution in [-0.2, 0) is 0 Å². The van der Waals surface area contributed by atoms with Crippen LogP contribution in [0, 0.1) is 0 Å². The topological polar surface area (TPSA) is 91.7 Å². The molecule has 2 aromatic rings. The molecule has 8 nitrogen and oxygen atoms in total. The van der Waals surface area contributed by atoms with Gasteiger partial charge in [0.25, 0.3) is 0 Å². The van der Waals surface area contributed by atoms with E-state index in [1.807, 2.05) is 6.07 Å². The number of carboxylic acid groups (broad SMARTS) is 1. The van der Waals surface area contributed by atoms with Gasteiger partial charge in [-0.05, 0) is 0 Å². The van der Waals surface area contributed by atoms with E-state index in [1.54, 1.807) is 6.20 Å². The highest BCUT2D eigenvalue weighted by Crippen LogP contribution is 2.33. The molecular weight excluding hydrogens is 274 g/mol. The highest BCUT2D eigenvalue weighted by molar-refractivity contribution is 5.79. The zero-order chi connectivity index (χ0) is 14.4. The van der Waals surface area contributed by atoms with Crippen molar-refractivity contribution in [3.63, 3.8) is 0 Å². The molecule has 2 aliphatic heterocycles. The number of fused-ring (bicyclic) bond motifs is 5. The SMILES string of the molecule is O=C(O)N1CCN2CC1COc1cc3ncncc3nc12. The number of hydrogen-bond donors (Lipinski definition) is 1. The molecule has 0 aromatic carbocycles. The molecule has 1 unspecified atom stereocenters. The first kappa shape index (κ1) is 12.1. The van der Waals surface area contributed by atoms with Crippen LogP contribution in [0.15, 0.2) is 18.6 Å². The highest BCUT2D eigenvalue weighted by atomic mass is 16.5. The first-order valence-electron chi connectivity index (χ1n) is 6.70. The van der Waals surface area contributed by atoms with Crippen LogP contribution in [0.3, 0.4) is 0 Å². The van der Waals surface area contributed by atoms with Gasteiger partial charge in [0, 0.05) is 25.7 Å². The summed E-state index contributed by atoms with van der Waals surface area (Å²) < 4.78 is 5.78. The summed E-state index contributed by atoms with van der Waals surface area (Å²) in [5.41, 5.74) is 1.43. The van der Waals surface area contributed by atoms with E-state index in [0.717, 1.165) is 11.3 Å². The van der Waals surface area contributed by atoms with Gasteiger partial charge >= 0.3 is 6.09 Å². The number of ether oxygens (including phenoxy) is 1. The lowest BCUT2D eigenvalue weighted by Gasteiger charge is -2.37. The van der Waals surface area contributed by atoms with Crippen molar-refractivity contribution in [2.45, 2.75) is 6.04 Å². The molecule has 0 radical (unpaired) electrons. The zero-order valence-corrected chi connectivity index (χ0v) is 11.1. The minimum Gasteiger partial charge on any atom is -0.487 e. The Morgan fingerprint density at radius 1 is 1.38 bits per heavy atom. The maximum Gasteiger partial charge on any atom is 0.407 e. The number of pyridine rings is 1. The van der Waals surface area contributed by atoms with E-state index in [9.17, 15) is 9.90 Å². The monoisotopic (exact) mass is 287 g/mol. The molecule has 1 saturated heterocycles. The van der Waals surface area contributed by atoms with Gasteiger partial charge in [0.2, 0.25) is 0 Å². The Hall–Kier alpha value is -2.64. The van der Waals surface area contributed by atoms with E-state index >= 15 is 0 Å². The number of rotatable bonds is 0. The fourth-order valence-corrected chi connectivity index (χ4v) is 2.85. The van der Waals surface area contributed by atoms with Crippen LogP contribution in [0.25, 0.3) is 11.0 Å². The average molecular weight is 287 g/mol. The third-order valence-electron chi connectivity index (χ3n) is 3.90. The third kappa shape index (κ3) is 1.91. The lowest BCUT2D eigenvalue weighted by molar-refractivity contribution is 0.101. The minimum atomic E-state index is -0.904. The molecule has 1 N–H and O–H groups in total. The quantitative estimate of drug-likeness (QED) is 0.758. The van der Waals surface area contributed by atoms with Crippen LogP contribution in [0.4, 0.5) is 10.6 Å². The second-order valence-corrected chi connectivity index (χ2v) is 5.12. The van der Waals surface area contributed by atoms with Gasteiger partial charge in [-0.25, -0.2) is 19.7 Å². The second kappa shape index (κ2) is 4.44. The van der Waals surface area contributed by atoms with Crippen molar-refractivity contribution >= 4 is 22.9 Å². The lowest BCUT2D eigenvalue weighted by atomic mass is 10.2. The van der Waals surface area contributed by atoms with E-state index in [0.29, 0.717) is 37.5 Å².